The lowest BCUT2D eigenvalue weighted by Crippen LogP contribution is -2.38. The second-order valence-corrected chi connectivity index (χ2v) is 2.94. The van der Waals surface area contributed by atoms with E-state index in [9.17, 15) is 13.2 Å². The molecule has 0 aromatic heterocycles. The summed E-state index contributed by atoms with van der Waals surface area (Å²) in [4.78, 5) is 0. The molecule has 0 amide bonds. The Morgan fingerprint density at radius 3 is 2.25 bits per heavy atom. The summed E-state index contributed by atoms with van der Waals surface area (Å²) in [7, 11) is 1.59. The quantitative estimate of drug-likeness (QED) is 0.598. The molecule has 0 aromatic rings. The van der Waals surface area contributed by atoms with Crippen molar-refractivity contribution < 1.29 is 13.2 Å². The highest BCUT2D eigenvalue weighted by atomic mass is 19.4. The summed E-state index contributed by atoms with van der Waals surface area (Å²) in [6.07, 6.45) is -4.18. The van der Waals surface area contributed by atoms with Crippen LogP contribution in [0.1, 0.15) is 0 Å². The van der Waals surface area contributed by atoms with Gasteiger partial charge in [0.1, 0.15) is 0 Å². The van der Waals surface area contributed by atoms with E-state index in [1.165, 1.54) is 5.01 Å². The zero-order valence-electron chi connectivity index (χ0n) is 6.73. The lowest BCUT2D eigenvalue weighted by Gasteiger charge is -2.17. The number of halogens is 3. The van der Waals surface area contributed by atoms with E-state index in [1.807, 2.05) is 0 Å². The number of hydrogen-bond donors (Lipinski definition) is 2. The highest BCUT2D eigenvalue weighted by molar-refractivity contribution is 4.89. The van der Waals surface area contributed by atoms with Gasteiger partial charge in [0.15, 0.2) is 0 Å². The van der Waals surface area contributed by atoms with Crippen molar-refractivity contribution in [3.63, 3.8) is 0 Å². The molecular formula is C6H12F3N3. The van der Waals surface area contributed by atoms with Crippen LogP contribution in [0.2, 0.25) is 0 Å². The van der Waals surface area contributed by atoms with E-state index in [4.69, 9.17) is 5.73 Å². The highest BCUT2D eigenvalue weighted by Gasteiger charge is 2.48. The van der Waals surface area contributed by atoms with Gasteiger partial charge in [0.25, 0.3) is 0 Å². The van der Waals surface area contributed by atoms with E-state index in [0.717, 1.165) is 0 Å². The first-order valence-corrected chi connectivity index (χ1v) is 3.69. The Morgan fingerprint density at radius 1 is 1.42 bits per heavy atom. The van der Waals surface area contributed by atoms with E-state index in [2.05, 4.69) is 5.43 Å². The van der Waals surface area contributed by atoms with Gasteiger partial charge in [-0.25, -0.2) is 5.01 Å². The SMILES string of the molecule is CNN1CC(N)C(C(F)(F)F)C1. The standard InChI is InChI=1S/C6H12F3N3/c1-11-12-2-4(5(10)3-12)6(7,8)9/h4-5,11H,2-3,10H2,1H3. The van der Waals surface area contributed by atoms with Crippen LogP contribution in [-0.2, 0) is 0 Å². The normalized spacial score (nSPS) is 32.8. The molecule has 2 atom stereocenters. The first kappa shape index (κ1) is 9.76. The van der Waals surface area contributed by atoms with Crippen LogP contribution in [0.3, 0.4) is 0 Å². The van der Waals surface area contributed by atoms with Crippen LogP contribution in [0.25, 0.3) is 0 Å². The average molecular weight is 183 g/mol. The maximum absolute atomic E-state index is 12.2. The van der Waals surface area contributed by atoms with Gasteiger partial charge in [-0.2, -0.15) is 13.2 Å². The number of hydrogen-bond acceptors (Lipinski definition) is 3. The molecule has 3 N–H and O–H groups in total. The van der Waals surface area contributed by atoms with Crippen LogP contribution in [0.15, 0.2) is 0 Å². The second-order valence-electron chi connectivity index (χ2n) is 2.94. The maximum Gasteiger partial charge on any atom is 0.394 e. The molecule has 72 valence electrons. The average Bonchev–Trinajstić information content (AvgIpc) is 2.29. The van der Waals surface area contributed by atoms with Crippen molar-refractivity contribution in [1.29, 1.82) is 0 Å². The fraction of sp³-hybridized carbons (Fsp3) is 1.00. The van der Waals surface area contributed by atoms with Crippen molar-refractivity contribution in [2.24, 2.45) is 11.7 Å². The molecule has 2 unspecified atom stereocenters. The minimum Gasteiger partial charge on any atom is -0.326 e. The molecule has 1 aliphatic rings. The number of rotatable bonds is 1. The molecule has 1 saturated heterocycles. The molecule has 1 aliphatic heterocycles. The Bertz CT molecular complexity index is 159. The predicted molar refractivity (Wildman–Crippen MR) is 38.2 cm³/mol. The summed E-state index contributed by atoms with van der Waals surface area (Å²) in [5.74, 6) is -1.40. The number of hydrazine groups is 1. The molecule has 0 saturated carbocycles. The summed E-state index contributed by atoms with van der Waals surface area (Å²) in [6, 6.07) is -0.808. The molecule has 0 aromatic carbocycles. The Hall–Kier alpha value is -0.330. The number of nitrogens with two attached hydrogens (primary N) is 1. The topological polar surface area (TPSA) is 41.3 Å². The minimum atomic E-state index is -4.18. The lowest BCUT2D eigenvalue weighted by atomic mass is 10.1. The molecule has 0 spiro atoms. The third-order valence-corrected chi connectivity index (χ3v) is 2.10. The Morgan fingerprint density at radius 2 is 2.00 bits per heavy atom. The van der Waals surface area contributed by atoms with Crippen LogP contribution < -0.4 is 11.2 Å². The Balaban J connectivity index is 2.58. The number of alkyl halides is 3. The van der Waals surface area contributed by atoms with Gasteiger partial charge in [-0.15, -0.1) is 0 Å². The molecule has 12 heavy (non-hydrogen) atoms. The summed E-state index contributed by atoms with van der Waals surface area (Å²) >= 11 is 0. The van der Waals surface area contributed by atoms with Crippen LogP contribution >= 0.6 is 0 Å². The van der Waals surface area contributed by atoms with Gasteiger partial charge in [0.05, 0.1) is 5.92 Å². The summed E-state index contributed by atoms with van der Waals surface area (Å²) < 4.78 is 36.6. The van der Waals surface area contributed by atoms with E-state index in [1.54, 1.807) is 7.05 Å². The van der Waals surface area contributed by atoms with Gasteiger partial charge in [-0.1, -0.05) is 0 Å². The molecule has 1 rings (SSSR count). The minimum absolute atomic E-state index is 0.0544. The zero-order valence-corrected chi connectivity index (χ0v) is 6.73. The third kappa shape index (κ3) is 1.88. The molecule has 0 aliphatic carbocycles. The van der Waals surface area contributed by atoms with Gasteiger partial charge in [0, 0.05) is 19.1 Å². The first-order chi connectivity index (χ1) is 5.45. The van der Waals surface area contributed by atoms with E-state index in [0.29, 0.717) is 0 Å². The van der Waals surface area contributed by atoms with Crippen molar-refractivity contribution in [3.05, 3.63) is 0 Å². The van der Waals surface area contributed by atoms with Gasteiger partial charge >= 0.3 is 6.18 Å². The highest BCUT2D eigenvalue weighted by Crippen LogP contribution is 2.31. The molecule has 3 nitrogen and oxygen atoms in total. The van der Waals surface area contributed by atoms with Crippen molar-refractivity contribution in [1.82, 2.24) is 10.4 Å². The van der Waals surface area contributed by atoms with Crippen LogP contribution in [0.4, 0.5) is 13.2 Å². The van der Waals surface area contributed by atoms with E-state index < -0.39 is 18.1 Å². The van der Waals surface area contributed by atoms with Gasteiger partial charge in [-0.3, -0.25) is 5.43 Å². The monoisotopic (exact) mass is 183 g/mol. The van der Waals surface area contributed by atoms with Crippen molar-refractivity contribution in [3.8, 4) is 0 Å². The summed E-state index contributed by atoms with van der Waals surface area (Å²) in [5.41, 5.74) is 7.98. The molecule has 6 heteroatoms. The zero-order chi connectivity index (χ0) is 9.35. The molecular weight excluding hydrogens is 171 g/mol. The fourth-order valence-electron chi connectivity index (χ4n) is 1.36. The predicted octanol–water partition coefficient (Wildman–Crippen LogP) is -0.0578. The van der Waals surface area contributed by atoms with Gasteiger partial charge in [-0.05, 0) is 7.05 Å². The first-order valence-electron chi connectivity index (χ1n) is 3.69. The van der Waals surface area contributed by atoms with E-state index in [-0.39, 0.29) is 13.1 Å². The van der Waals surface area contributed by atoms with Crippen molar-refractivity contribution in [2.75, 3.05) is 20.1 Å². The largest absolute Gasteiger partial charge is 0.394 e. The third-order valence-electron chi connectivity index (χ3n) is 2.10. The molecule has 0 radical (unpaired) electrons. The fourth-order valence-corrected chi connectivity index (χ4v) is 1.36. The van der Waals surface area contributed by atoms with Crippen molar-refractivity contribution in [2.45, 2.75) is 12.2 Å². The second kappa shape index (κ2) is 3.20. The van der Waals surface area contributed by atoms with Crippen LogP contribution in [-0.4, -0.2) is 37.4 Å². The van der Waals surface area contributed by atoms with Gasteiger partial charge < -0.3 is 5.73 Å². The summed E-state index contributed by atoms with van der Waals surface area (Å²) in [6.45, 7) is 0.196. The van der Waals surface area contributed by atoms with Crippen LogP contribution in [0, 0.1) is 5.92 Å². The number of nitrogens with zero attached hydrogens (tertiary/aromatic N) is 1. The Labute approximate surface area is 68.7 Å². The smallest absolute Gasteiger partial charge is 0.326 e. The lowest BCUT2D eigenvalue weighted by molar-refractivity contribution is -0.173. The molecule has 1 fully saturated rings. The van der Waals surface area contributed by atoms with Gasteiger partial charge in [0.2, 0.25) is 0 Å². The maximum atomic E-state index is 12.2. The van der Waals surface area contributed by atoms with Crippen molar-refractivity contribution >= 4 is 0 Å². The van der Waals surface area contributed by atoms with E-state index >= 15 is 0 Å². The molecule has 1 heterocycles. The number of nitrogens with one attached hydrogen (secondary N) is 1. The molecule has 0 bridgehead atoms. The summed E-state index contributed by atoms with van der Waals surface area (Å²) in [5, 5.41) is 1.48. The van der Waals surface area contributed by atoms with Crippen LogP contribution in [0.5, 0.6) is 0 Å². The Kier molecular flexibility index (Phi) is 2.60.